The first-order valence-electron chi connectivity index (χ1n) is 6.58. The number of ether oxygens (including phenoxy) is 1. The summed E-state index contributed by atoms with van der Waals surface area (Å²) in [5.74, 6) is 1.87. The summed E-state index contributed by atoms with van der Waals surface area (Å²) in [4.78, 5) is 0. The molecular formula is C15H19NO. The molecular weight excluding hydrogens is 210 g/mol. The number of nitrogens with zero attached hydrogens (tertiary/aromatic N) is 1. The van der Waals surface area contributed by atoms with Gasteiger partial charge in [0.05, 0.1) is 6.61 Å². The van der Waals surface area contributed by atoms with Crippen LogP contribution < -0.4 is 4.74 Å². The second kappa shape index (κ2) is 4.44. The van der Waals surface area contributed by atoms with E-state index in [0.29, 0.717) is 0 Å². The van der Waals surface area contributed by atoms with Crippen molar-refractivity contribution in [2.24, 2.45) is 5.92 Å². The fourth-order valence-corrected chi connectivity index (χ4v) is 2.55. The Bertz CT molecular complexity index is 511. The Labute approximate surface area is 102 Å². The summed E-state index contributed by atoms with van der Waals surface area (Å²) in [6.45, 7) is 3.93. The van der Waals surface area contributed by atoms with E-state index in [4.69, 9.17) is 4.74 Å². The molecule has 1 aromatic heterocycles. The minimum atomic E-state index is 0.730. The van der Waals surface area contributed by atoms with E-state index in [1.54, 1.807) is 0 Å². The fraction of sp³-hybridized carbons (Fsp3) is 0.467. The average Bonchev–Trinajstić information content (AvgIpc) is 2.66. The molecule has 0 N–H and O–H groups in total. The van der Waals surface area contributed by atoms with Crippen molar-refractivity contribution in [3.63, 3.8) is 0 Å². The molecule has 0 aliphatic heterocycles. The highest BCUT2D eigenvalue weighted by molar-refractivity contribution is 5.81. The molecule has 2 heteroatoms. The van der Waals surface area contributed by atoms with E-state index in [0.717, 1.165) is 18.3 Å². The quantitative estimate of drug-likeness (QED) is 0.777. The van der Waals surface area contributed by atoms with Crippen LogP contribution in [0.25, 0.3) is 10.9 Å². The van der Waals surface area contributed by atoms with Crippen LogP contribution in [0.1, 0.15) is 26.2 Å². The number of aromatic nitrogens is 1. The monoisotopic (exact) mass is 229 g/mol. The molecule has 2 nitrogen and oxygen atoms in total. The second-order valence-electron chi connectivity index (χ2n) is 4.92. The van der Waals surface area contributed by atoms with Gasteiger partial charge in [0.25, 0.3) is 0 Å². The Balaban J connectivity index is 1.87. The zero-order chi connectivity index (χ0) is 11.7. The molecule has 1 heterocycles. The van der Waals surface area contributed by atoms with E-state index in [9.17, 15) is 0 Å². The molecule has 0 bridgehead atoms. The smallest absolute Gasteiger partial charge is 0.120 e. The van der Waals surface area contributed by atoms with Gasteiger partial charge in [0.15, 0.2) is 0 Å². The van der Waals surface area contributed by atoms with Gasteiger partial charge in [0, 0.05) is 23.6 Å². The Morgan fingerprint density at radius 3 is 2.88 bits per heavy atom. The van der Waals surface area contributed by atoms with Crippen molar-refractivity contribution in [2.75, 3.05) is 6.61 Å². The minimum absolute atomic E-state index is 0.730. The van der Waals surface area contributed by atoms with Gasteiger partial charge in [0.1, 0.15) is 5.75 Å². The molecule has 0 radical (unpaired) electrons. The van der Waals surface area contributed by atoms with Gasteiger partial charge in [0.2, 0.25) is 0 Å². The Morgan fingerprint density at radius 1 is 1.29 bits per heavy atom. The molecule has 1 fully saturated rings. The molecule has 1 saturated carbocycles. The predicted octanol–water partition coefficient (Wildman–Crippen LogP) is 3.84. The minimum Gasteiger partial charge on any atom is -0.494 e. The van der Waals surface area contributed by atoms with E-state index < -0.39 is 0 Å². The Morgan fingerprint density at radius 2 is 2.18 bits per heavy atom. The second-order valence-corrected chi connectivity index (χ2v) is 4.92. The van der Waals surface area contributed by atoms with E-state index in [1.165, 1.54) is 36.7 Å². The van der Waals surface area contributed by atoms with Crippen LogP contribution >= 0.6 is 0 Å². The maximum absolute atomic E-state index is 5.53. The SMILES string of the molecule is CCOc1ccc2c(ccn2CC2CCC2)c1. The standard InChI is InChI=1S/C15H19NO/c1-2-17-14-6-7-15-13(10-14)8-9-16(15)11-12-4-3-5-12/h6-10,12H,2-5,11H2,1H3. The molecule has 2 aromatic rings. The molecule has 90 valence electrons. The van der Waals surface area contributed by atoms with Crippen LogP contribution in [0.3, 0.4) is 0 Å². The first-order valence-corrected chi connectivity index (χ1v) is 6.58. The van der Waals surface area contributed by atoms with Crippen LogP contribution in [0.5, 0.6) is 5.75 Å². The maximum atomic E-state index is 5.53. The van der Waals surface area contributed by atoms with E-state index in [-0.39, 0.29) is 0 Å². The normalized spacial score (nSPS) is 16.1. The summed E-state index contributed by atoms with van der Waals surface area (Å²) in [7, 11) is 0. The van der Waals surface area contributed by atoms with Crippen molar-refractivity contribution >= 4 is 10.9 Å². The molecule has 0 unspecified atom stereocenters. The fourth-order valence-electron chi connectivity index (χ4n) is 2.55. The number of hydrogen-bond acceptors (Lipinski definition) is 1. The first kappa shape index (κ1) is 10.7. The largest absolute Gasteiger partial charge is 0.494 e. The van der Waals surface area contributed by atoms with Crippen molar-refractivity contribution in [1.29, 1.82) is 0 Å². The molecule has 1 aliphatic carbocycles. The number of hydrogen-bond donors (Lipinski definition) is 0. The topological polar surface area (TPSA) is 14.2 Å². The summed E-state index contributed by atoms with van der Waals surface area (Å²) in [5, 5.41) is 1.29. The molecule has 1 aliphatic rings. The van der Waals surface area contributed by atoms with Gasteiger partial charge in [-0.25, -0.2) is 0 Å². The Kier molecular flexibility index (Phi) is 2.79. The van der Waals surface area contributed by atoms with Crippen LogP contribution in [0.4, 0.5) is 0 Å². The lowest BCUT2D eigenvalue weighted by atomic mass is 9.85. The Hall–Kier alpha value is -1.44. The summed E-state index contributed by atoms with van der Waals surface area (Å²) < 4.78 is 7.91. The molecule has 0 atom stereocenters. The summed E-state index contributed by atoms with van der Waals surface area (Å²) >= 11 is 0. The highest BCUT2D eigenvalue weighted by Crippen LogP contribution is 2.30. The van der Waals surface area contributed by atoms with Gasteiger partial charge < -0.3 is 9.30 Å². The summed E-state index contributed by atoms with van der Waals surface area (Å²) in [6, 6.07) is 8.58. The van der Waals surface area contributed by atoms with E-state index in [1.807, 2.05) is 6.92 Å². The van der Waals surface area contributed by atoms with E-state index in [2.05, 4.69) is 35.0 Å². The highest BCUT2D eigenvalue weighted by atomic mass is 16.5. The van der Waals surface area contributed by atoms with Gasteiger partial charge in [-0.15, -0.1) is 0 Å². The lowest BCUT2D eigenvalue weighted by molar-refractivity contribution is 0.280. The van der Waals surface area contributed by atoms with Gasteiger partial charge in [-0.05, 0) is 49.9 Å². The van der Waals surface area contributed by atoms with Gasteiger partial charge in [-0.3, -0.25) is 0 Å². The van der Waals surface area contributed by atoms with Crippen molar-refractivity contribution in [3.05, 3.63) is 30.5 Å². The lowest BCUT2D eigenvalue weighted by Crippen LogP contribution is -2.17. The van der Waals surface area contributed by atoms with Crippen LogP contribution in [0.2, 0.25) is 0 Å². The van der Waals surface area contributed by atoms with Crippen molar-refractivity contribution < 1.29 is 4.74 Å². The lowest BCUT2D eigenvalue weighted by Gasteiger charge is -2.26. The third-order valence-electron chi connectivity index (χ3n) is 3.73. The predicted molar refractivity (Wildman–Crippen MR) is 70.4 cm³/mol. The first-order chi connectivity index (χ1) is 8.36. The molecule has 3 rings (SSSR count). The van der Waals surface area contributed by atoms with Crippen LogP contribution in [0.15, 0.2) is 30.5 Å². The van der Waals surface area contributed by atoms with E-state index >= 15 is 0 Å². The van der Waals surface area contributed by atoms with Crippen LogP contribution in [-0.2, 0) is 6.54 Å². The molecule has 17 heavy (non-hydrogen) atoms. The molecule has 0 saturated heterocycles. The van der Waals surface area contributed by atoms with Gasteiger partial charge >= 0.3 is 0 Å². The van der Waals surface area contributed by atoms with Crippen molar-refractivity contribution in [3.8, 4) is 5.75 Å². The molecule has 0 spiro atoms. The molecule has 1 aromatic carbocycles. The maximum Gasteiger partial charge on any atom is 0.120 e. The van der Waals surface area contributed by atoms with Crippen LogP contribution in [-0.4, -0.2) is 11.2 Å². The zero-order valence-electron chi connectivity index (χ0n) is 10.4. The zero-order valence-corrected chi connectivity index (χ0v) is 10.4. The number of fused-ring (bicyclic) bond motifs is 1. The number of rotatable bonds is 4. The third-order valence-corrected chi connectivity index (χ3v) is 3.73. The van der Waals surface area contributed by atoms with Gasteiger partial charge in [-0.1, -0.05) is 6.42 Å². The number of benzene rings is 1. The average molecular weight is 229 g/mol. The van der Waals surface area contributed by atoms with Crippen LogP contribution in [0, 0.1) is 5.92 Å². The summed E-state index contributed by atoms with van der Waals surface area (Å²) in [5.41, 5.74) is 1.33. The van der Waals surface area contributed by atoms with Crippen molar-refractivity contribution in [1.82, 2.24) is 4.57 Å². The van der Waals surface area contributed by atoms with Crippen molar-refractivity contribution in [2.45, 2.75) is 32.7 Å². The molecule has 0 amide bonds. The van der Waals surface area contributed by atoms with Gasteiger partial charge in [-0.2, -0.15) is 0 Å². The highest BCUT2D eigenvalue weighted by Gasteiger charge is 2.18. The summed E-state index contributed by atoms with van der Waals surface area (Å²) in [6.07, 6.45) is 6.42. The third kappa shape index (κ3) is 2.04.